The van der Waals surface area contributed by atoms with Crippen LogP contribution in [0.15, 0.2) is 200 Å². The second kappa shape index (κ2) is 11.2. The molecule has 3 heterocycles. The molecule has 242 valence electrons. The van der Waals surface area contributed by atoms with Crippen LogP contribution in [0.1, 0.15) is 22.3 Å². The van der Waals surface area contributed by atoms with Gasteiger partial charge in [0.2, 0.25) is 6.71 Å². The smallest absolute Gasteiger partial charge is 0.247 e. The van der Waals surface area contributed by atoms with Crippen LogP contribution >= 0.6 is 0 Å². The van der Waals surface area contributed by atoms with Gasteiger partial charge in [0.15, 0.2) is 0 Å². The monoisotopic (exact) mass is 660 g/mol. The van der Waals surface area contributed by atoms with Gasteiger partial charge >= 0.3 is 0 Å². The number of para-hydroxylation sites is 4. The van der Waals surface area contributed by atoms with Crippen molar-refractivity contribution in [3.63, 3.8) is 0 Å². The Hall–Kier alpha value is -6.58. The van der Waals surface area contributed by atoms with E-state index in [2.05, 4.69) is 210 Å². The molecule has 0 atom stereocenters. The Morgan fingerprint density at radius 3 is 1.67 bits per heavy atom. The highest BCUT2D eigenvalue weighted by molar-refractivity contribution is 6.99. The minimum absolute atomic E-state index is 0.0678. The zero-order valence-electron chi connectivity index (χ0n) is 28.5. The lowest BCUT2D eigenvalue weighted by molar-refractivity contribution is 0.750. The third kappa shape index (κ3) is 3.91. The second-order valence-corrected chi connectivity index (χ2v) is 14.0. The van der Waals surface area contributed by atoms with Gasteiger partial charge in [0.25, 0.3) is 0 Å². The summed E-state index contributed by atoms with van der Waals surface area (Å²) in [5, 5.41) is 2.61. The van der Waals surface area contributed by atoms with Crippen molar-refractivity contribution in [3.05, 3.63) is 222 Å². The average Bonchev–Trinajstić information content (AvgIpc) is 3.56. The Morgan fingerprint density at radius 1 is 0.423 bits per heavy atom. The van der Waals surface area contributed by atoms with E-state index >= 15 is 0 Å². The van der Waals surface area contributed by atoms with Crippen molar-refractivity contribution < 1.29 is 0 Å². The summed E-state index contributed by atoms with van der Waals surface area (Å²) in [6.45, 7) is 0.0678. The lowest BCUT2D eigenvalue weighted by atomic mass is 9.29. The van der Waals surface area contributed by atoms with Crippen LogP contribution in [0, 0.1) is 0 Å². The molecule has 3 heteroatoms. The van der Waals surface area contributed by atoms with E-state index in [4.69, 9.17) is 0 Å². The molecule has 9 aromatic rings. The number of hydrogen-bond donors (Lipinski definition) is 0. The van der Waals surface area contributed by atoms with Crippen molar-refractivity contribution >= 4 is 62.0 Å². The standard InChI is InChI=1S/C49H33BN2/c1-5-17-34(18-6-1)49(35-19-7-2-8-20-35)41-27-16-30-46-47(41)50(44-28-15-26-40-39-25-13-14-29-45(39)52(46)48(40)44)43-32-31-38(33-42(43)49)51(36-21-9-3-10-22-36)37-23-11-4-12-24-37/h1-33H. The highest BCUT2D eigenvalue weighted by Crippen LogP contribution is 2.49. The quantitative estimate of drug-likeness (QED) is 0.167. The largest absolute Gasteiger partial charge is 0.310 e. The Bertz CT molecular complexity index is 2710. The van der Waals surface area contributed by atoms with E-state index < -0.39 is 5.41 Å². The zero-order chi connectivity index (χ0) is 34.2. The van der Waals surface area contributed by atoms with E-state index in [1.165, 1.54) is 66.1 Å². The maximum atomic E-state index is 2.54. The summed E-state index contributed by atoms with van der Waals surface area (Å²) in [4.78, 5) is 2.40. The predicted octanol–water partition coefficient (Wildman–Crippen LogP) is 9.78. The molecule has 8 aromatic carbocycles. The van der Waals surface area contributed by atoms with Crippen LogP contribution < -0.4 is 21.3 Å². The van der Waals surface area contributed by atoms with Gasteiger partial charge in [-0.2, -0.15) is 0 Å². The molecule has 0 amide bonds. The first kappa shape index (κ1) is 29.2. The molecular formula is C49H33BN2. The molecule has 2 aliphatic rings. The van der Waals surface area contributed by atoms with Crippen LogP contribution in [0.4, 0.5) is 17.1 Å². The Labute approximate surface area is 303 Å². The molecule has 0 unspecified atom stereocenters. The molecule has 0 saturated heterocycles. The maximum Gasteiger partial charge on any atom is 0.247 e. The molecule has 1 aromatic heterocycles. The van der Waals surface area contributed by atoms with E-state index in [0.29, 0.717) is 0 Å². The van der Waals surface area contributed by atoms with Gasteiger partial charge in [0.05, 0.1) is 10.9 Å². The van der Waals surface area contributed by atoms with Crippen molar-refractivity contribution in [2.45, 2.75) is 5.41 Å². The summed E-state index contributed by atoms with van der Waals surface area (Å²) in [7, 11) is 0. The third-order valence-electron chi connectivity index (χ3n) is 11.5. The maximum absolute atomic E-state index is 2.54. The summed E-state index contributed by atoms with van der Waals surface area (Å²) < 4.78 is 2.54. The zero-order valence-corrected chi connectivity index (χ0v) is 28.5. The summed E-state index contributed by atoms with van der Waals surface area (Å²) in [5.74, 6) is 0. The molecule has 0 aliphatic carbocycles. The lowest BCUT2D eigenvalue weighted by Crippen LogP contribution is -2.64. The van der Waals surface area contributed by atoms with Crippen LogP contribution in [0.5, 0.6) is 0 Å². The van der Waals surface area contributed by atoms with Gasteiger partial charge in [-0.25, -0.2) is 0 Å². The summed E-state index contributed by atoms with van der Waals surface area (Å²) in [5.41, 5.74) is 15.9. The summed E-state index contributed by atoms with van der Waals surface area (Å²) >= 11 is 0. The van der Waals surface area contributed by atoms with Crippen molar-refractivity contribution in [3.8, 4) is 5.69 Å². The van der Waals surface area contributed by atoms with Crippen LogP contribution in [0.25, 0.3) is 27.5 Å². The summed E-state index contributed by atoms with van der Waals surface area (Å²) in [6.07, 6.45) is 0. The van der Waals surface area contributed by atoms with Gasteiger partial charge in [0.1, 0.15) is 0 Å². The SMILES string of the molecule is c1ccc(N(c2ccccc2)c2ccc3c(c2)C(c2ccccc2)(c2ccccc2)c2cccc4c2B3c2cccc3c5ccccc5n-4c23)cc1. The molecule has 52 heavy (non-hydrogen) atoms. The second-order valence-electron chi connectivity index (χ2n) is 14.0. The van der Waals surface area contributed by atoms with Gasteiger partial charge in [-0.1, -0.05) is 157 Å². The minimum atomic E-state index is -0.580. The number of nitrogens with zero attached hydrogens (tertiary/aromatic N) is 2. The molecule has 0 saturated carbocycles. The van der Waals surface area contributed by atoms with Crippen molar-refractivity contribution in [2.24, 2.45) is 0 Å². The third-order valence-corrected chi connectivity index (χ3v) is 11.5. The highest BCUT2D eigenvalue weighted by atomic mass is 15.1. The Kier molecular flexibility index (Phi) is 6.29. The first-order chi connectivity index (χ1) is 25.8. The van der Waals surface area contributed by atoms with Crippen LogP contribution in [-0.2, 0) is 5.41 Å². The number of benzene rings is 8. The number of anilines is 3. The van der Waals surface area contributed by atoms with Gasteiger partial charge in [-0.15, -0.1) is 0 Å². The van der Waals surface area contributed by atoms with E-state index in [1.54, 1.807) is 0 Å². The van der Waals surface area contributed by atoms with Crippen molar-refractivity contribution in [1.29, 1.82) is 0 Å². The van der Waals surface area contributed by atoms with Gasteiger partial charge < -0.3 is 9.47 Å². The summed E-state index contributed by atoms with van der Waals surface area (Å²) in [6, 6.07) is 74.0. The minimum Gasteiger partial charge on any atom is -0.310 e. The number of hydrogen-bond acceptors (Lipinski definition) is 1. The number of aromatic nitrogens is 1. The molecule has 11 rings (SSSR count). The highest BCUT2D eigenvalue weighted by Gasteiger charge is 2.50. The fraction of sp³-hybridized carbons (Fsp3) is 0.0204. The lowest BCUT2D eigenvalue weighted by Gasteiger charge is -2.46. The fourth-order valence-electron chi connectivity index (χ4n) is 9.56. The molecule has 2 aliphatic heterocycles. The topological polar surface area (TPSA) is 8.17 Å². The van der Waals surface area contributed by atoms with Gasteiger partial charge in [0, 0.05) is 39.0 Å². The fourth-order valence-corrected chi connectivity index (χ4v) is 9.56. The first-order valence-corrected chi connectivity index (χ1v) is 18.2. The van der Waals surface area contributed by atoms with Crippen LogP contribution in [0.2, 0.25) is 0 Å². The Morgan fingerprint density at radius 2 is 1.00 bits per heavy atom. The molecule has 2 nitrogen and oxygen atoms in total. The van der Waals surface area contributed by atoms with E-state index in [-0.39, 0.29) is 6.71 Å². The van der Waals surface area contributed by atoms with E-state index in [0.717, 1.165) is 17.1 Å². The Balaban J connectivity index is 1.31. The van der Waals surface area contributed by atoms with Gasteiger partial charge in [-0.05, 0) is 81.7 Å². The molecule has 0 radical (unpaired) electrons. The van der Waals surface area contributed by atoms with E-state index in [1.807, 2.05) is 0 Å². The average molecular weight is 661 g/mol. The van der Waals surface area contributed by atoms with E-state index in [9.17, 15) is 0 Å². The van der Waals surface area contributed by atoms with Crippen LogP contribution in [0.3, 0.4) is 0 Å². The van der Waals surface area contributed by atoms with Gasteiger partial charge in [-0.3, -0.25) is 0 Å². The van der Waals surface area contributed by atoms with Crippen LogP contribution in [-0.4, -0.2) is 11.3 Å². The normalized spacial score (nSPS) is 13.5. The number of rotatable bonds is 5. The molecule has 0 N–H and O–H groups in total. The first-order valence-electron chi connectivity index (χ1n) is 18.2. The molecule has 0 spiro atoms. The number of fused-ring (bicyclic) bond motifs is 7. The molecule has 0 fully saturated rings. The molecule has 0 bridgehead atoms. The van der Waals surface area contributed by atoms with Crippen molar-refractivity contribution in [1.82, 2.24) is 4.57 Å². The van der Waals surface area contributed by atoms with Crippen molar-refractivity contribution in [2.75, 3.05) is 4.90 Å². The predicted molar refractivity (Wildman–Crippen MR) is 218 cm³/mol. The molecular weight excluding hydrogens is 627 g/mol.